The zero-order valence-electron chi connectivity index (χ0n) is 27.6. The van der Waals surface area contributed by atoms with Gasteiger partial charge in [0.05, 0.1) is 28.0 Å². The molecule has 2 aromatic heterocycles. The summed E-state index contributed by atoms with van der Waals surface area (Å²) in [6, 6.07) is 18.1. The van der Waals surface area contributed by atoms with Gasteiger partial charge in [0.25, 0.3) is 31.4 Å². The Bertz CT molecular complexity index is 2880. The lowest BCUT2D eigenvalue weighted by molar-refractivity contribution is 0.480. The maximum absolute atomic E-state index is 13.9. The van der Waals surface area contributed by atoms with Gasteiger partial charge in [0.2, 0.25) is 10.9 Å². The van der Waals surface area contributed by atoms with E-state index < -0.39 is 73.2 Å². The highest BCUT2D eigenvalue weighted by atomic mass is 32.2. The van der Waals surface area contributed by atoms with Crippen LogP contribution >= 0.6 is 0 Å². The number of aromatic nitrogens is 4. The summed E-state index contributed by atoms with van der Waals surface area (Å²) in [6.45, 7) is 3.08. The van der Waals surface area contributed by atoms with Crippen molar-refractivity contribution >= 4 is 31.6 Å². The molecule has 2 aliphatic rings. The molecule has 0 bridgehead atoms. The topological polar surface area (TPSA) is 246 Å². The van der Waals surface area contributed by atoms with E-state index in [2.05, 4.69) is 21.1 Å². The summed E-state index contributed by atoms with van der Waals surface area (Å²) >= 11 is 0. The van der Waals surface area contributed by atoms with E-state index in [4.69, 9.17) is 0 Å². The Morgan fingerprint density at radius 1 is 0.596 bits per heavy atom. The molecule has 2 heterocycles. The molecule has 2 aliphatic carbocycles. The van der Waals surface area contributed by atoms with Crippen LogP contribution < -0.4 is 43.5 Å². The molecule has 20 heteroatoms. The molecular weight excluding hydrogens is 721 g/mol. The second-order valence-electron chi connectivity index (χ2n) is 11.5. The van der Waals surface area contributed by atoms with Crippen LogP contribution in [0.3, 0.4) is 0 Å². The van der Waals surface area contributed by atoms with Crippen molar-refractivity contribution in [2.24, 2.45) is 24.3 Å². The summed E-state index contributed by atoms with van der Waals surface area (Å²) in [4.78, 5) is 52.2. The van der Waals surface area contributed by atoms with E-state index in [1.165, 1.54) is 32.6 Å². The lowest BCUT2D eigenvalue weighted by Gasteiger charge is -2.07. The molecule has 0 radical (unpaired) electrons. The van der Waals surface area contributed by atoms with Gasteiger partial charge >= 0.3 is 0 Å². The first-order chi connectivity index (χ1) is 24.4. The smallest absolute Gasteiger partial charge is 0.287 e. The second kappa shape index (κ2) is 12.8. The fraction of sp³-hybridized carbons (Fsp3) is 0.125. The van der Waals surface area contributed by atoms with Crippen LogP contribution in [0.1, 0.15) is 11.4 Å². The van der Waals surface area contributed by atoms with Crippen LogP contribution in [0.5, 0.6) is 0 Å². The number of nitrogens with one attached hydrogen (secondary N) is 2. The Morgan fingerprint density at radius 3 is 1.27 bits per heavy atom. The fourth-order valence-corrected chi connectivity index (χ4v) is 6.97. The van der Waals surface area contributed by atoms with Crippen molar-refractivity contribution in [3.63, 3.8) is 0 Å². The third-order valence-corrected chi connectivity index (χ3v) is 10.2. The molecule has 0 spiro atoms. The van der Waals surface area contributed by atoms with Crippen molar-refractivity contribution in [3.8, 4) is 11.4 Å². The van der Waals surface area contributed by atoms with Gasteiger partial charge in [0.1, 0.15) is 21.2 Å². The van der Waals surface area contributed by atoms with E-state index in [1.807, 2.05) is 0 Å². The Kier molecular flexibility index (Phi) is 8.79. The molecule has 0 amide bonds. The monoisotopic (exact) mass is 748 g/mol. The molecule has 6 rings (SSSR count). The predicted octanol–water partition coefficient (Wildman–Crippen LogP) is -0.0480. The minimum atomic E-state index is -5.28. The predicted molar refractivity (Wildman–Crippen MR) is 186 cm³/mol. The van der Waals surface area contributed by atoms with Gasteiger partial charge in [0, 0.05) is 14.1 Å². The van der Waals surface area contributed by atoms with Crippen molar-refractivity contribution < 1.29 is 25.9 Å². The normalized spacial score (nSPS) is 12.9. The molecule has 2 aromatic carbocycles. The Balaban J connectivity index is 1.60. The first kappa shape index (κ1) is 35.6. The van der Waals surface area contributed by atoms with Gasteiger partial charge < -0.3 is 0 Å². The average Bonchev–Trinajstić information content (AvgIpc) is 3.43. The van der Waals surface area contributed by atoms with Gasteiger partial charge in [-0.25, -0.2) is 9.36 Å². The lowest BCUT2D eigenvalue weighted by Crippen LogP contribution is -2.41. The summed E-state index contributed by atoms with van der Waals surface area (Å²) in [7, 11) is -7.43. The van der Waals surface area contributed by atoms with E-state index in [0.717, 1.165) is 0 Å². The van der Waals surface area contributed by atoms with E-state index >= 15 is 0 Å². The van der Waals surface area contributed by atoms with Gasteiger partial charge in [0.15, 0.2) is 10.7 Å². The standard InChI is InChI=1S/C32H28N8O10S2/c1-17-25(31(43)39(37(17)3)20-11-7-5-8-12-20)33-35-27-22(51(45,46)47)15-19-16-23(52(48,49)50)28(30(42)24(19)29(27)41)36-34-26-18(2)38(4)40(32(26)44)21-13-9-6-10-14-21/h5-16,33-34H,1-4H3,(H,45,46,47)(H,48,49,50)/b35-27+,36-28+. The quantitative estimate of drug-likeness (QED) is 0.118. The number of hydrogen-bond donors (Lipinski definition) is 4. The minimum Gasteiger partial charge on any atom is -0.287 e. The third kappa shape index (κ3) is 5.98. The van der Waals surface area contributed by atoms with Crippen molar-refractivity contribution in [1.29, 1.82) is 0 Å². The highest BCUT2D eigenvalue weighted by molar-refractivity contribution is 7.86. The number of benzene rings is 2. The van der Waals surface area contributed by atoms with Crippen LogP contribution in [0.2, 0.25) is 0 Å². The molecule has 0 saturated heterocycles. The molecule has 18 nitrogen and oxygen atoms in total. The van der Waals surface area contributed by atoms with E-state index in [-0.39, 0.29) is 11.4 Å². The maximum atomic E-state index is 13.9. The maximum Gasteiger partial charge on any atom is 0.296 e. The Morgan fingerprint density at radius 2 is 0.942 bits per heavy atom. The average molecular weight is 749 g/mol. The molecule has 0 atom stereocenters. The highest BCUT2D eigenvalue weighted by Crippen LogP contribution is 2.16. The van der Waals surface area contributed by atoms with Gasteiger partial charge in [-0.1, -0.05) is 36.4 Å². The molecular formula is C32H28N8O10S2. The van der Waals surface area contributed by atoms with Gasteiger partial charge in [-0.3, -0.25) is 48.5 Å². The molecule has 52 heavy (non-hydrogen) atoms. The third-order valence-electron chi connectivity index (χ3n) is 8.44. The Hall–Kier alpha value is -6.22. The zero-order chi connectivity index (χ0) is 37.9. The molecule has 0 saturated carbocycles. The molecule has 0 unspecified atom stereocenters. The van der Waals surface area contributed by atoms with Crippen molar-refractivity contribution in [2.75, 3.05) is 10.9 Å². The van der Waals surface area contributed by atoms with Crippen molar-refractivity contribution in [1.82, 2.24) is 18.7 Å². The van der Waals surface area contributed by atoms with Crippen LogP contribution in [-0.4, -0.2) is 44.7 Å². The van der Waals surface area contributed by atoms with Crippen LogP contribution in [0.4, 0.5) is 11.4 Å². The molecule has 268 valence electrons. The number of hydrogen-bond acceptors (Lipinski definition) is 12. The van der Waals surface area contributed by atoms with E-state index in [9.17, 15) is 45.1 Å². The summed E-state index contributed by atoms with van der Waals surface area (Å²) in [5.74, 6) is 0. The number of nitrogens with zero attached hydrogens (tertiary/aromatic N) is 6. The summed E-state index contributed by atoms with van der Waals surface area (Å²) < 4.78 is 75.5. The van der Waals surface area contributed by atoms with Crippen LogP contribution in [0.15, 0.2) is 112 Å². The first-order valence-electron chi connectivity index (χ1n) is 15.0. The summed E-state index contributed by atoms with van der Waals surface area (Å²) in [5.41, 5.74) is 1.84. The molecule has 0 fully saturated rings. The molecule has 0 aliphatic heterocycles. The fourth-order valence-electron chi connectivity index (χ4n) is 5.65. The number of rotatable bonds is 8. The lowest BCUT2D eigenvalue weighted by atomic mass is 10.1. The van der Waals surface area contributed by atoms with Gasteiger partial charge in [-0.2, -0.15) is 27.0 Å². The highest BCUT2D eigenvalue weighted by Gasteiger charge is 2.24. The number of para-hydroxylation sites is 2. The zero-order valence-corrected chi connectivity index (χ0v) is 29.2. The van der Waals surface area contributed by atoms with E-state index in [0.29, 0.717) is 34.9 Å². The second-order valence-corrected chi connectivity index (χ2v) is 14.3. The van der Waals surface area contributed by atoms with Gasteiger partial charge in [-0.05, 0) is 55.5 Å². The van der Waals surface area contributed by atoms with Crippen LogP contribution in [-0.2, 0) is 34.3 Å². The minimum absolute atomic E-state index is 0.185. The summed E-state index contributed by atoms with van der Waals surface area (Å²) in [5, 5.41) is 4.17. The summed E-state index contributed by atoms with van der Waals surface area (Å²) in [6.07, 6.45) is 0. The first-order valence-corrected chi connectivity index (χ1v) is 17.9. The SMILES string of the molecule is Cc1c(N/N=c2\c(S(=O)(=O)O)cc3cc(S(=O)(=O)O)/c(=N\Nc4c(C)n(C)n(-c5ccccc5)c4=O)c(=O)c=3c2=O)c(=O)n(-c2ccccc2)n1C. The van der Waals surface area contributed by atoms with Crippen LogP contribution in [0.25, 0.3) is 11.4 Å². The molecule has 4 N–H and O–H groups in total. The van der Waals surface area contributed by atoms with Gasteiger partial charge in [-0.15, -0.1) is 0 Å². The molecule has 4 aromatic rings. The van der Waals surface area contributed by atoms with Crippen molar-refractivity contribution in [2.45, 2.75) is 23.6 Å². The van der Waals surface area contributed by atoms with Crippen molar-refractivity contribution in [3.05, 3.63) is 146 Å². The Labute approximate surface area is 292 Å². The van der Waals surface area contributed by atoms with Crippen LogP contribution in [0, 0.1) is 24.3 Å². The number of anilines is 2. The largest absolute Gasteiger partial charge is 0.296 e. The van der Waals surface area contributed by atoms with E-state index in [1.54, 1.807) is 74.8 Å².